The molecule has 0 saturated carbocycles. The van der Waals surface area contributed by atoms with E-state index in [1.54, 1.807) is 0 Å². The number of unbranched alkanes of at least 4 members (excludes halogenated alkanes) is 1. The monoisotopic (exact) mass is 388 g/mol. The van der Waals surface area contributed by atoms with E-state index in [2.05, 4.69) is 0 Å². The van der Waals surface area contributed by atoms with Crippen molar-refractivity contribution in [1.82, 2.24) is 0 Å². The molecule has 1 aliphatic carbocycles. The standard InChI is InChI=1S/C22H28O6/c1-4-5-6-14(23)12-28-19(10-7-13(2)3)15-11-18(26)20-16(24)8-9-17(25)21(20)22(15)27/h7-9,11,14,19,23-25H,4-6,10,12H2,1-3H3/t14?,19-/m1/s1. The first kappa shape index (κ1) is 21.9. The topological polar surface area (TPSA) is 104 Å². The van der Waals surface area contributed by atoms with Gasteiger partial charge in [-0.1, -0.05) is 31.4 Å². The number of Topliss-reactive ketones (excluding diaryl/α,β-unsaturated/α-hetero) is 1. The van der Waals surface area contributed by atoms with E-state index in [4.69, 9.17) is 4.74 Å². The van der Waals surface area contributed by atoms with Gasteiger partial charge >= 0.3 is 0 Å². The molecule has 0 aliphatic heterocycles. The first-order chi connectivity index (χ1) is 13.3. The van der Waals surface area contributed by atoms with E-state index in [0.717, 1.165) is 24.5 Å². The Balaban J connectivity index is 2.32. The van der Waals surface area contributed by atoms with E-state index >= 15 is 0 Å². The largest absolute Gasteiger partial charge is 0.507 e. The Morgan fingerprint density at radius 2 is 1.79 bits per heavy atom. The summed E-state index contributed by atoms with van der Waals surface area (Å²) in [6.07, 6.45) is 4.41. The maximum absolute atomic E-state index is 13.0. The molecule has 0 bridgehead atoms. The van der Waals surface area contributed by atoms with Gasteiger partial charge in [0.1, 0.15) is 11.5 Å². The van der Waals surface area contributed by atoms with Crippen LogP contribution in [0.3, 0.4) is 0 Å². The molecule has 28 heavy (non-hydrogen) atoms. The first-order valence-corrected chi connectivity index (χ1v) is 9.54. The van der Waals surface area contributed by atoms with E-state index in [0.29, 0.717) is 12.8 Å². The van der Waals surface area contributed by atoms with Gasteiger partial charge in [-0.2, -0.15) is 0 Å². The van der Waals surface area contributed by atoms with Crippen molar-refractivity contribution in [2.75, 3.05) is 6.61 Å². The maximum atomic E-state index is 13.0. The molecule has 0 amide bonds. The molecule has 2 atom stereocenters. The zero-order valence-electron chi connectivity index (χ0n) is 16.6. The van der Waals surface area contributed by atoms with Crippen LogP contribution < -0.4 is 0 Å². The summed E-state index contributed by atoms with van der Waals surface area (Å²) in [4.78, 5) is 25.5. The fourth-order valence-electron chi connectivity index (χ4n) is 3.10. The van der Waals surface area contributed by atoms with E-state index in [1.807, 2.05) is 26.8 Å². The van der Waals surface area contributed by atoms with Crippen LogP contribution >= 0.6 is 0 Å². The van der Waals surface area contributed by atoms with Crippen LogP contribution in [-0.4, -0.2) is 45.7 Å². The number of rotatable bonds is 9. The number of ketones is 2. The van der Waals surface area contributed by atoms with E-state index in [1.165, 1.54) is 12.1 Å². The van der Waals surface area contributed by atoms with Gasteiger partial charge in [0.15, 0.2) is 11.6 Å². The average molecular weight is 388 g/mol. The predicted molar refractivity (Wildman–Crippen MR) is 106 cm³/mol. The van der Waals surface area contributed by atoms with Crippen molar-refractivity contribution >= 4 is 11.6 Å². The highest BCUT2D eigenvalue weighted by Gasteiger charge is 2.34. The van der Waals surface area contributed by atoms with Gasteiger partial charge in [0.2, 0.25) is 0 Å². The molecule has 0 fully saturated rings. The number of fused-ring (bicyclic) bond motifs is 1. The van der Waals surface area contributed by atoms with E-state index in [9.17, 15) is 24.9 Å². The van der Waals surface area contributed by atoms with Crippen molar-refractivity contribution in [3.8, 4) is 11.5 Å². The minimum Gasteiger partial charge on any atom is -0.507 e. The highest BCUT2D eigenvalue weighted by Crippen LogP contribution is 2.36. The lowest BCUT2D eigenvalue weighted by Crippen LogP contribution is -2.29. The molecule has 1 aromatic carbocycles. The summed E-state index contributed by atoms with van der Waals surface area (Å²) < 4.78 is 5.81. The summed E-state index contributed by atoms with van der Waals surface area (Å²) in [5.74, 6) is -1.83. The van der Waals surface area contributed by atoms with Gasteiger partial charge in [0.25, 0.3) is 0 Å². The lowest BCUT2D eigenvalue weighted by atomic mass is 9.85. The van der Waals surface area contributed by atoms with Crippen LogP contribution in [0, 0.1) is 0 Å². The molecule has 0 aromatic heterocycles. The van der Waals surface area contributed by atoms with Gasteiger partial charge in [-0.25, -0.2) is 0 Å². The summed E-state index contributed by atoms with van der Waals surface area (Å²) in [5.41, 5.74) is 0.729. The quantitative estimate of drug-likeness (QED) is 0.440. The number of aliphatic hydroxyl groups is 1. The van der Waals surface area contributed by atoms with Crippen LogP contribution in [-0.2, 0) is 4.74 Å². The summed E-state index contributed by atoms with van der Waals surface area (Å²) in [6, 6.07) is 2.36. The second-order valence-electron chi connectivity index (χ2n) is 7.28. The Morgan fingerprint density at radius 1 is 1.14 bits per heavy atom. The van der Waals surface area contributed by atoms with E-state index < -0.39 is 23.8 Å². The van der Waals surface area contributed by atoms with Crippen molar-refractivity contribution in [3.63, 3.8) is 0 Å². The SMILES string of the molecule is CCCCC(O)CO[C@H](CC=C(C)C)C1=CC(=O)c2c(O)ccc(O)c2C1=O. The van der Waals surface area contributed by atoms with Gasteiger partial charge in [-0.15, -0.1) is 0 Å². The Morgan fingerprint density at radius 3 is 2.39 bits per heavy atom. The van der Waals surface area contributed by atoms with Crippen LogP contribution in [0.2, 0.25) is 0 Å². The molecule has 3 N–H and O–H groups in total. The van der Waals surface area contributed by atoms with Crippen LogP contribution in [0.5, 0.6) is 11.5 Å². The second kappa shape index (κ2) is 9.66. The number of ether oxygens (including phenoxy) is 1. The third kappa shape index (κ3) is 5.09. The molecule has 152 valence electrons. The normalized spacial score (nSPS) is 15.6. The highest BCUT2D eigenvalue weighted by atomic mass is 16.5. The smallest absolute Gasteiger partial charge is 0.196 e. The number of aliphatic hydroxyl groups excluding tert-OH is 1. The molecular weight excluding hydrogens is 360 g/mol. The van der Waals surface area contributed by atoms with Crippen LogP contribution in [0.15, 0.2) is 35.4 Å². The molecular formula is C22H28O6. The molecule has 1 unspecified atom stereocenters. The number of hydrogen-bond donors (Lipinski definition) is 3. The first-order valence-electron chi connectivity index (χ1n) is 9.54. The molecule has 0 saturated heterocycles. The van der Waals surface area contributed by atoms with Crippen molar-refractivity contribution in [3.05, 3.63) is 46.6 Å². The highest BCUT2D eigenvalue weighted by molar-refractivity contribution is 6.27. The number of phenolic OH excluding ortho intramolecular Hbond substituents is 2. The van der Waals surface area contributed by atoms with Crippen molar-refractivity contribution in [2.24, 2.45) is 0 Å². The molecule has 0 heterocycles. The fourth-order valence-corrected chi connectivity index (χ4v) is 3.10. The van der Waals surface area contributed by atoms with Gasteiger partial charge in [-0.05, 0) is 44.9 Å². The molecule has 0 radical (unpaired) electrons. The Hall–Kier alpha value is -2.44. The minimum absolute atomic E-state index is 0.0406. The van der Waals surface area contributed by atoms with Gasteiger partial charge < -0.3 is 20.1 Å². The third-order valence-electron chi connectivity index (χ3n) is 4.65. The average Bonchev–Trinajstić information content (AvgIpc) is 2.64. The van der Waals surface area contributed by atoms with Crippen LogP contribution in [0.1, 0.15) is 67.2 Å². The number of carbonyl (C=O) groups is 2. The van der Waals surface area contributed by atoms with Gasteiger partial charge in [0.05, 0.1) is 29.9 Å². The zero-order valence-corrected chi connectivity index (χ0v) is 16.6. The molecule has 0 spiro atoms. The second-order valence-corrected chi connectivity index (χ2v) is 7.28. The number of benzene rings is 1. The molecule has 2 rings (SSSR count). The lowest BCUT2D eigenvalue weighted by molar-refractivity contribution is 0.00231. The number of phenols is 2. The van der Waals surface area contributed by atoms with Crippen LogP contribution in [0.4, 0.5) is 0 Å². The molecule has 6 heteroatoms. The van der Waals surface area contributed by atoms with Crippen molar-refractivity contribution in [1.29, 1.82) is 0 Å². The third-order valence-corrected chi connectivity index (χ3v) is 4.65. The van der Waals surface area contributed by atoms with Gasteiger partial charge in [0, 0.05) is 5.57 Å². The summed E-state index contributed by atoms with van der Waals surface area (Å²) in [7, 11) is 0. The zero-order chi connectivity index (χ0) is 20.8. The summed E-state index contributed by atoms with van der Waals surface area (Å²) >= 11 is 0. The number of aromatic hydroxyl groups is 2. The molecule has 1 aromatic rings. The van der Waals surface area contributed by atoms with Crippen molar-refractivity contribution in [2.45, 2.75) is 58.7 Å². The van der Waals surface area contributed by atoms with Crippen LogP contribution in [0.25, 0.3) is 0 Å². The number of allylic oxidation sites excluding steroid dienone is 2. The number of carbonyl (C=O) groups excluding carboxylic acids is 2. The predicted octanol–water partition coefficient (Wildman–Crippen LogP) is 3.70. The maximum Gasteiger partial charge on any atom is 0.196 e. The van der Waals surface area contributed by atoms with Crippen molar-refractivity contribution < 1.29 is 29.6 Å². The summed E-state index contributed by atoms with van der Waals surface area (Å²) in [5, 5.41) is 30.1. The minimum atomic E-state index is -0.738. The lowest BCUT2D eigenvalue weighted by Gasteiger charge is -2.24. The van der Waals surface area contributed by atoms with Gasteiger partial charge in [-0.3, -0.25) is 9.59 Å². The molecule has 6 nitrogen and oxygen atoms in total. The Bertz CT molecular complexity index is 801. The fraction of sp³-hybridized carbons (Fsp3) is 0.455. The summed E-state index contributed by atoms with van der Waals surface area (Å²) in [6.45, 7) is 5.89. The Labute approximate surface area is 165 Å². The molecule has 1 aliphatic rings. The number of hydrogen-bond acceptors (Lipinski definition) is 6. The Kier molecular flexibility index (Phi) is 7.54. The van der Waals surface area contributed by atoms with E-state index in [-0.39, 0.29) is 34.8 Å².